The topological polar surface area (TPSA) is 81.1 Å². The first-order valence-corrected chi connectivity index (χ1v) is 11.7. The van der Waals surface area contributed by atoms with Gasteiger partial charge in [0.05, 0.1) is 5.71 Å². The molecule has 1 atom stereocenters. The van der Waals surface area contributed by atoms with Gasteiger partial charge in [0, 0.05) is 49.4 Å². The molecule has 1 fully saturated rings. The zero-order valence-electron chi connectivity index (χ0n) is 19.0. The highest BCUT2D eigenvalue weighted by atomic mass is 16.3. The minimum absolute atomic E-state index is 0.169. The SMILES string of the molecule is CCCN1C2=C(CCC(c3ccc(NCC(C)C)nc3)=N2)C(=O)CCN(C2CC2)C1O. The third-order valence-electron chi connectivity index (χ3n) is 6.17. The Morgan fingerprint density at radius 3 is 2.68 bits per heavy atom. The summed E-state index contributed by atoms with van der Waals surface area (Å²) in [7, 11) is 0. The average molecular weight is 426 g/mol. The van der Waals surface area contributed by atoms with Crippen LogP contribution >= 0.6 is 0 Å². The first-order valence-electron chi connectivity index (χ1n) is 11.7. The summed E-state index contributed by atoms with van der Waals surface area (Å²) < 4.78 is 0. The molecular formula is C24H35N5O2. The number of allylic oxidation sites excluding steroid dienone is 1. The number of carbonyl (C=O) groups excluding carboxylic acids is 1. The number of nitrogens with zero attached hydrogens (tertiary/aromatic N) is 4. The molecule has 1 aromatic rings. The second kappa shape index (κ2) is 9.49. The number of rotatable bonds is 7. The van der Waals surface area contributed by atoms with Gasteiger partial charge in [0.25, 0.3) is 0 Å². The molecule has 168 valence electrons. The summed E-state index contributed by atoms with van der Waals surface area (Å²) in [5.74, 6) is 2.24. The second-order valence-electron chi connectivity index (χ2n) is 9.25. The Morgan fingerprint density at radius 2 is 2.03 bits per heavy atom. The molecule has 0 saturated heterocycles. The molecule has 1 saturated carbocycles. The lowest BCUT2D eigenvalue weighted by Crippen LogP contribution is -2.51. The first kappa shape index (κ1) is 22.0. The van der Waals surface area contributed by atoms with Crippen LogP contribution in [0.15, 0.2) is 34.7 Å². The molecule has 1 aromatic heterocycles. The number of carbonyl (C=O) groups is 1. The fourth-order valence-corrected chi connectivity index (χ4v) is 4.32. The number of aromatic nitrogens is 1. The van der Waals surface area contributed by atoms with Crippen molar-refractivity contribution in [2.45, 2.75) is 71.7 Å². The zero-order chi connectivity index (χ0) is 22.0. The first-order chi connectivity index (χ1) is 15.0. The molecule has 7 heteroatoms. The molecule has 0 bridgehead atoms. The van der Waals surface area contributed by atoms with Crippen LogP contribution in [0.1, 0.15) is 64.9 Å². The van der Waals surface area contributed by atoms with Crippen molar-refractivity contribution in [1.29, 1.82) is 0 Å². The summed E-state index contributed by atoms with van der Waals surface area (Å²) in [5, 5.41) is 14.6. The van der Waals surface area contributed by atoms with Crippen molar-refractivity contribution in [2.24, 2.45) is 10.9 Å². The van der Waals surface area contributed by atoms with E-state index < -0.39 is 6.35 Å². The Labute approximate surface area is 185 Å². The molecule has 1 unspecified atom stereocenters. The predicted octanol–water partition coefficient (Wildman–Crippen LogP) is 3.37. The molecule has 3 aliphatic rings. The molecule has 3 heterocycles. The van der Waals surface area contributed by atoms with Crippen LogP contribution in [-0.4, -0.2) is 63.4 Å². The number of hydrogen-bond donors (Lipinski definition) is 2. The summed E-state index contributed by atoms with van der Waals surface area (Å²) >= 11 is 0. The summed E-state index contributed by atoms with van der Waals surface area (Å²) in [4.78, 5) is 26.5. The van der Waals surface area contributed by atoms with E-state index in [9.17, 15) is 9.90 Å². The molecular weight excluding hydrogens is 390 g/mol. The van der Waals surface area contributed by atoms with Crippen LogP contribution in [0.25, 0.3) is 0 Å². The number of nitrogens with one attached hydrogen (secondary N) is 1. The maximum Gasteiger partial charge on any atom is 0.187 e. The molecule has 0 radical (unpaired) electrons. The third-order valence-corrected chi connectivity index (χ3v) is 6.17. The van der Waals surface area contributed by atoms with Crippen LogP contribution in [0.4, 0.5) is 5.82 Å². The van der Waals surface area contributed by atoms with Gasteiger partial charge in [-0.2, -0.15) is 0 Å². The van der Waals surface area contributed by atoms with Crippen molar-refractivity contribution in [3.05, 3.63) is 35.3 Å². The van der Waals surface area contributed by atoms with E-state index in [1.54, 1.807) is 0 Å². The van der Waals surface area contributed by atoms with Crippen LogP contribution < -0.4 is 5.32 Å². The summed E-state index contributed by atoms with van der Waals surface area (Å²) in [6.07, 6.45) is 6.02. The Balaban J connectivity index is 1.63. The monoisotopic (exact) mass is 425 g/mol. The van der Waals surface area contributed by atoms with Crippen LogP contribution in [0.3, 0.4) is 0 Å². The van der Waals surface area contributed by atoms with Crippen molar-refractivity contribution in [2.75, 3.05) is 25.0 Å². The lowest BCUT2D eigenvalue weighted by Gasteiger charge is -2.40. The van der Waals surface area contributed by atoms with Crippen molar-refractivity contribution in [3.8, 4) is 0 Å². The van der Waals surface area contributed by atoms with Crippen LogP contribution in [0.5, 0.6) is 0 Å². The van der Waals surface area contributed by atoms with Crippen molar-refractivity contribution in [3.63, 3.8) is 0 Å². The smallest absolute Gasteiger partial charge is 0.187 e. The van der Waals surface area contributed by atoms with Gasteiger partial charge in [0.1, 0.15) is 11.6 Å². The number of Topliss-reactive ketones (excluding diaryl/α,β-unsaturated/α-hetero) is 1. The van der Waals surface area contributed by atoms with E-state index in [4.69, 9.17) is 4.99 Å². The van der Waals surface area contributed by atoms with E-state index in [0.717, 1.165) is 48.5 Å². The molecule has 0 amide bonds. The fraction of sp³-hybridized carbons (Fsp3) is 0.625. The van der Waals surface area contributed by atoms with Crippen molar-refractivity contribution in [1.82, 2.24) is 14.8 Å². The van der Waals surface area contributed by atoms with Gasteiger partial charge >= 0.3 is 0 Å². The quantitative estimate of drug-likeness (QED) is 0.697. The standard InChI is InChI=1S/C24H35N5O2/c1-4-12-29-23-19(21(30)11-13-28(24(29)31)18-6-7-18)8-9-20(27-23)17-5-10-22(26-15-17)25-14-16(2)3/h5,10,15-16,18,24,31H,4,6-9,11-14H2,1-3H3,(H,25,26). The van der Waals surface area contributed by atoms with Crippen molar-refractivity contribution >= 4 is 17.3 Å². The number of hydrogen-bond acceptors (Lipinski definition) is 7. The van der Waals surface area contributed by atoms with Crippen LogP contribution in [0, 0.1) is 5.92 Å². The number of aliphatic hydroxyl groups excluding tert-OH is 1. The number of anilines is 1. The van der Waals surface area contributed by atoms with Gasteiger partial charge < -0.3 is 15.3 Å². The average Bonchev–Trinajstić information content (AvgIpc) is 3.60. The summed E-state index contributed by atoms with van der Waals surface area (Å²) in [6.45, 7) is 8.60. The minimum atomic E-state index is -0.727. The Hall–Kier alpha value is -2.25. The second-order valence-corrected chi connectivity index (χ2v) is 9.25. The summed E-state index contributed by atoms with van der Waals surface area (Å²) in [6, 6.07) is 4.41. The molecule has 2 N–H and O–H groups in total. The molecule has 2 aliphatic heterocycles. The highest BCUT2D eigenvalue weighted by molar-refractivity contribution is 6.05. The van der Waals surface area contributed by atoms with Crippen molar-refractivity contribution < 1.29 is 9.90 Å². The molecule has 0 aromatic carbocycles. The van der Waals surface area contributed by atoms with Gasteiger partial charge in [-0.25, -0.2) is 9.98 Å². The largest absolute Gasteiger partial charge is 0.370 e. The fourth-order valence-electron chi connectivity index (χ4n) is 4.32. The Bertz CT molecular complexity index is 857. The lowest BCUT2D eigenvalue weighted by atomic mass is 9.95. The maximum atomic E-state index is 13.0. The predicted molar refractivity (Wildman–Crippen MR) is 123 cm³/mol. The zero-order valence-corrected chi connectivity index (χ0v) is 19.0. The third kappa shape index (κ3) is 4.99. The lowest BCUT2D eigenvalue weighted by molar-refractivity contribution is -0.125. The molecule has 4 rings (SSSR count). The van der Waals surface area contributed by atoms with E-state index in [1.807, 2.05) is 23.2 Å². The number of pyridine rings is 1. The molecule has 7 nitrogen and oxygen atoms in total. The normalized spacial score (nSPS) is 22.9. The van der Waals surface area contributed by atoms with E-state index in [1.165, 1.54) is 0 Å². The highest BCUT2D eigenvalue weighted by Crippen LogP contribution is 2.35. The van der Waals surface area contributed by atoms with E-state index in [-0.39, 0.29) is 5.78 Å². The number of aliphatic hydroxyl groups is 1. The minimum Gasteiger partial charge on any atom is -0.370 e. The van der Waals surface area contributed by atoms with Gasteiger partial charge in [-0.1, -0.05) is 20.8 Å². The molecule has 31 heavy (non-hydrogen) atoms. The van der Waals surface area contributed by atoms with Gasteiger partial charge in [0.15, 0.2) is 12.1 Å². The Morgan fingerprint density at radius 1 is 1.23 bits per heavy atom. The van der Waals surface area contributed by atoms with Crippen LogP contribution in [-0.2, 0) is 4.79 Å². The molecule has 0 spiro atoms. The number of aliphatic imine (C=N–C) groups is 1. The summed E-state index contributed by atoms with van der Waals surface area (Å²) in [5.41, 5.74) is 2.68. The van der Waals surface area contributed by atoms with E-state index in [2.05, 4.69) is 36.0 Å². The van der Waals surface area contributed by atoms with Gasteiger partial charge in [-0.05, 0) is 50.2 Å². The number of ketones is 1. The van der Waals surface area contributed by atoms with Crippen LogP contribution in [0.2, 0.25) is 0 Å². The van der Waals surface area contributed by atoms with E-state index >= 15 is 0 Å². The molecule has 1 aliphatic carbocycles. The van der Waals surface area contributed by atoms with Gasteiger partial charge in [-0.15, -0.1) is 0 Å². The van der Waals surface area contributed by atoms with Gasteiger partial charge in [0.2, 0.25) is 0 Å². The highest BCUT2D eigenvalue weighted by Gasteiger charge is 2.39. The van der Waals surface area contributed by atoms with Gasteiger partial charge in [-0.3, -0.25) is 9.69 Å². The van der Waals surface area contributed by atoms with E-state index in [0.29, 0.717) is 50.1 Å². The maximum absolute atomic E-state index is 13.0. The Kier molecular flexibility index (Phi) is 6.72.